The van der Waals surface area contributed by atoms with Crippen LogP contribution in [0.25, 0.3) is 0 Å². The van der Waals surface area contributed by atoms with Crippen LogP contribution in [-0.2, 0) is 9.53 Å². The number of morpholine rings is 1. The maximum atomic E-state index is 12.8. The lowest BCUT2D eigenvalue weighted by molar-refractivity contribution is -0.135. The zero-order chi connectivity index (χ0) is 22.2. The molecule has 3 heterocycles. The molecule has 0 saturated carbocycles. The largest absolute Gasteiger partial charge is 0.379 e. The molecular formula is C23H44N6O2. The van der Waals surface area contributed by atoms with Gasteiger partial charge < -0.3 is 19.9 Å². The number of carbonyl (C=O) groups is 1. The first-order chi connectivity index (χ1) is 15.0. The van der Waals surface area contributed by atoms with Crippen molar-refractivity contribution in [1.29, 1.82) is 0 Å². The molecule has 2 atom stereocenters. The van der Waals surface area contributed by atoms with E-state index in [9.17, 15) is 4.79 Å². The molecule has 0 aliphatic carbocycles. The molecule has 2 unspecified atom stereocenters. The Morgan fingerprint density at radius 1 is 0.903 bits per heavy atom. The van der Waals surface area contributed by atoms with Crippen LogP contribution in [0.1, 0.15) is 40.0 Å². The standard InChI is InChI=1S/C23H44N6O2/c1-19(2)17-21(27-13-15-31-16-14-27)18-25-23(24-4)29-11-9-26(10-12-29)20(3)22(30)28-7-5-6-8-28/h19-21H,5-18H2,1-4H3,(H,24,25). The summed E-state index contributed by atoms with van der Waals surface area (Å²) in [5.41, 5.74) is 0. The number of likely N-dealkylation sites (tertiary alicyclic amines) is 1. The van der Waals surface area contributed by atoms with Gasteiger partial charge in [0.25, 0.3) is 0 Å². The van der Waals surface area contributed by atoms with Gasteiger partial charge in [-0.2, -0.15) is 0 Å². The smallest absolute Gasteiger partial charge is 0.239 e. The van der Waals surface area contributed by atoms with Gasteiger partial charge in [0.1, 0.15) is 0 Å². The van der Waals surface area contributed by atoms with Crippen molar-refractivity contribution in [2.24, 2.45) is 10.9 Å². The average Bonchev–Trinajstić information content (AvgIpc) is 3.33. The van der Waals surface area contributed by atoms with Crippen molar-refractivity contribution in [3.8, 4) is 0 Å². The number of hydrogen-bond donors (Lipinski definition) is 1. The van der Waals surface area contributed by atoms with Gasteiger partial charge in [0.2, 0.25) is 5.91 Å². The molecule has 3 aliphatic heterocycles. The van der Waals surface area contributed by atoms with Crippen molar-refractivity contribution in [1.82, 2.24) is 24.9 Å². The molecule has 178 valence electrons. The first kappa shape index (κ1) is 24.3. The number of ether oxygens (including phenoxy) is 1. The molecule has 3 rings (SSSR count). The predicted octanol–water partition coefficient (Wildman–Crippen LogP) is 0.937. The number of carbonyl (C=O) groups excluding carboxylic acids is 1. The lowest BCUT2D eigenvalue weighted by Crippen LogP contribution is -2.58. The van der Waals surface area contributed by atoms with Crippen molar-refractivity contribution < 1.29 is 9.53 Å². The minimum atomic E-state index is -0.0213. The molecule has 0 aromatic rings. The van der Waals surface area contributed by atoms with E-state index in [1.54, 1.807) is 0 Å². The normalized spacial score (nSPS) is 24.0. The van der Waals surface area contributed by atoms with Gasteiger partial charge in [-0.1, -0.05) is 13.8 Å². The SMILES string of the molecule is CN=C(NCC(CC(C)C)N1CCOCC1)N1CCN(C(C)C(=O)N2CCCC2)CC1. The third-order valence-electron chi connectivity index (χ3n) is 6.95. The third kappa shape index (κ3) is 6.80. The summed E-state index contributed by atoms with van der Waals surface area (Å²) < 4.78 is 5.55. The van der Waals surface area contributed by atoms with Gasteiger partial charge in [-0.15, -0.1) is 0 Å². The first-order valence-corrected chi connectivity index (χ1v) is 12.3. The fourth-order valence-electron chi connectivity index (χ4n) is 5.07. The van der Waals surface area contributed by atoms with Crippen LogP contribution in [0.3, 0.4) is 0 Å². The van der Waals surface area contributed by atoms with E-state index in [0.29, 0.717) is 17.9 Å². The summed E-state index contributed by atoms with van der Waals surface area (Å²) in [5, 5.41) is 3.65. The summed E-state index contributed by atoms with van der Waals surface area (Å²) in [6, 6.07) is 0.479. The minimum absolute atomic E-state index is 0.0213. The van der Waals surface area contributed by atoms with E-state index in [-0.39, 0.29) is 6.04 Å². The van der Waals surface area contributed by atoms with Crippen molar-refractivity contribution in [3.63, 3.8) is 0 Å². The highest BCUT2D eigenvalue weighted by Gasteiger charge is 2.31. The van der Waals surface area contributed by atoms with E-state index in [0.717, 1.165) is 90.9 Å². The van der Waals surface area contributed by atoms with Crippen LogP contribution in [0.2, 0.25) is 0 Å². The predicted molar refractivity (Wildman–Crippen MR) is 125 cm³/mol. The van der Waals surface area contributed by atoms with Gasteiger partial charge in [-0.25, -0.2) is 0 Å². The van der Waals surface area contributed by atoms with Crippen LogP contribution < -0.4 is 5.32 Å². The Labute approximate surface area is 189 Å². The van der Waals surface area contributed by atoms with Crippen molar-refractivity contribution >= 4 is 11.9 Å². The molecule has 0 aromatic carbocycles. The van der Waals surface area contributed by atoms with Crippen molar-refractivity contribution in [3.05, 3.63) is 0 Å². The quantitative estimate of drug-likeness (QED) is 0.473. The number of nitrogens with one attached hydrogen (secondary N) is 1. The molecular weight excluding hydrogens is 392 g/mol. The van der Waals surface area contributed by atoms with Gasteiger partial charge >= 0.3 is 0 Å². The number of aliphatic imine (C=N–C) groups is 1. The highest BCUT2D eigenvalue weighted by Crippen LogP contribution is 2.15. The van der Waals surface area contributed by atoms with Crippen LogP contribution in [0.5, 0.6) is 0 Å². The summed E-state index contributed by atoms with van der Waals surface area (Å²) >= 11 is 0. The van der Waals surface area contributed by atoms with E-state index >= 15 is 0 Å². The number of rotatable bonds is 7. The van der Waals surface area contributed by atoms with Gasteiger partial charge in [-0.3, -0.25) is 19.6 Å². The number of hydrogen-bond acceptors (Lipinski definition) is 5. The Morgan fingerprint density at radius 3 is 2.13 bits per heavy atom. The molecule has 8 nitrogen and oxygen atoms in total. The number of guanidine groups is 1. The maximum Gasteiger partial charge on any atom is 0.239 e. The van der Waals surface area contributed by atoms with E-state index in [1.807, 2.05) is 11.9 Å². The average molecular weight is 437 g/mol. The van der Waals surface area contributed by atoms with Crippen molar-refractivity contribution in [2.45, 2.75) is 52.1 Å². The summed E-state index contributed by atoms with van der Waals surface area (Å²) in [6.45, 7) is 16.8. The molecule has 0 bridgehead atoms. The minimum Gasteiger partial charge on any atom is -0.379 e. The molecule has 0 spiro atoms. The highest BCUT2D eigenvalue weighted by molar-refractivity contribution is 5.82. The van der Waals surface area contributed by atoms with E-state index in [2.05, 4.69) is 45.8 Å². The van der Waals surface area contributed by atoms with E-state index in [4.69, 9.17) is 4.74 Å². The van der Waals surface area contributed by atoms with Crippen LogP contribution in [0.4, 0.5) is 0 Å². The zero-order valence-corrected chi connectivity index (χ0v) is 20.2. The van der Waals surface area contributed by atoms with Gasteiger partial charge in [0.15, 0.2) is 5.96 Å². The maximum absolute atomic E-state index is 12.8. The second-order valence-corrected chi connectivity index (χ2v) is 9.59. The lowest BCUT2D eigenvalue weighted by Gasteiger charge is -2.40. The Morgan fingerprint density at radius 2 is 1.55 bits per heavy atom. The van der Waals surface area contributed by atoms with Crippen LogP contribution >= 0.6 is 0 Å². The summed E-state index contributed by atoms with van der Waals surface area (Å²) in [6.07, 6.45) is 3.47. The van der Waals surface area contributed by atoms with E-state index in [1.165, 1.54) is 6.42 Å². The molecule has 1 amide bonds. The fraction of sp³-hybridized carbons (Fsp3) is 0.913. The fourth-order valence-corrected chi connectivity index (χ4v) is 5.07. The van der Waals surface area contributed by atoms with Gasteiger partial charge in [0.05, 0.1) is 19.3 Å². The molecule has 3 fully saturated rings. The summed E-state index contributed by atoms with van der Waals surface area (Å²) in [4.78, 5) is 26.6. The zero-order valence-electron chi connectivity index (χ0n) is 20.2. The number of nitrogens with zero attached hydrogens (tertiary/aromatic N) is 5. The Kier molecular flexibility index (Phi) is 9.41. The second kappa shape index (κ2) is 12.0. The number of piperazine rings is 1. The third-order valence-corrected chi connectivity index (χ3v) is 6.95. The summed E-state index contributed by atoms with van der Waals surface area (Å²) in [7, 11) is 1.88. The number of amides is 1. The van der Waals surface area contributed by atoms with Gasteiger partial charge in [-0.05, 0) is 32.1 Å². The van der Waals surface area contributed by atoms with E-state index < -0.39 is 0 Å². The molecule has 0 aromatic heterocycles. The Balaban J connectivity index is 1.48. The lowest BCUT2D eigenvalue weighted by atomic mass is 10.0. The van der Waals surface area contributed by atoms with Gasteiger partial charge in [0, 0.05) is 72.0 Å². The monoisotopic (exact) mass is 436 g/mol. The molecule has 31 heavy (non-hydrogen) atoms. The summed E-state index contributed by atoms with van der Waals surface area (Å²) in [5.74, 6) is 1.95. The molecule has 0 radical (unpaired) electrons. The molecule has 3 saturated heterocycles. The molecule has 1 N–H and O–H groups in total. The van der Waals surface area contributed by atoms with Crippen molar-refractivity contribution in [2.75, 3.05) is 79.2 Å². The first-order valence-electron chi connectivity index (χ1n) is 12.3. The molecule has 3 aliphatic rings. The Hall–Kier alpha value is -1.38. The highest BCUT2D eigenvalue weighted by atomic mass is 16.5. The second-order valence-electron chi connectivity index (χ2n) is 9.59. The van der Waals surface area contributed by atoms with Crippen LogP contribution in [-0.4, -0.2) is 123 Å². The van der Waals surface area contributed by atoms with Crippen LogP contribution in [0.15, 0.2) is 4.99 Å². The molecule has 8 heteroatoms. The Bertz CT molecular complexity index is 579. The topological polar surface area (TPSA) is 63.7 Å². The van der Waals surface area contributed by atoms with Crippen LogP contribution in [0, 0.1) is 5.92 Å².